The van der Waals surface area contributed by atoms with Crippen LogP contribution in [0.15, 0.2) is 51.7 Å². The van der Waals surface area contributed by atoms with Crippen LogP contribution < -0.4 is 5.43 Å². The number of hydrogen-bond acceptors (Lipinski definition) is 2. The topological polar surface area (TPSA) is 30.2 Å². The summed E-state index contributed by atoms with van der Waals surface area (Å²) in [5, 5.41) is -0.119. The summed E-state index contributed by atoms with van der Waals surface area (Å²) in [7, 11) is 0. The molecule has 1 atom stereocenters. The second-order valence-electron chi connectivity index (χ2n) is 5.17. The van der Waals surface area contributed by atoms with Gasteiger partial charge in [0.05, 0.1) is 10.4 Å². The van der Waals surface area contributed by atoms with E-state index in [1.54, 1.807) is 12.1 Å². The second-order valence-corrected chi connectivity index (χ2v) is 6.27. The van der Waals surface area contributed by atoms with Gasteiger partial charge in [-0.25, -0.2) is 8.78 Å². The summed E-state index contributed by atoms with van der Waals surface area (Å²) in [5.41, 5.74) is 0.244. The molecule has 0 aliphatic heterocycles. The Labute approximate surface area is 139 Å². The van der Waals surface area contributed by atoms with Crippen LogP contribution in [-0.4, -0.2) is 0 Å². The first-order valence-corrected chi connectivity index (χ1v) is 8.09. The maximum atomic E-state index is 14.1. The maximum Gasteiger partial charge on any atom is 0.203 e. The SMILES string of the molecule is CCC(Br)c1oc2cccc(F)c2c(=O)c1-c1cccc(F)c1. The maximum absolute atomic E-state index is 14.1. The predicted octanol–water partition coefficient (Wildman–Crippen LogP) is 5.58. The van der Waals surface area contributed by atoms with Crippen LogP contribution in [0.1, 0.15) is 23.9 Å². The smallest absolute Gasteiger partial charge is 0.203 e. The minimum absolute atomic E-state index is 0.119. The number of rotatable bonds is 3. The summed E-state index contributed by atoms with van der Waals surface area (Å²) < 4.78 is 33.5. The molecule has 0 spiro atoms. The molecule has 0 saturated carbocycles. The molecule has 0 saturated heterocycles. The van der Waals surface area contributed by atoms with E-state index in [1.807, 2.05) is 6.92 Å². The number of benzene rings is 2. The number of fused-ring (bicyclic) bond motifs is 1. The van der Waals surface area contributed by atoms with Crippen molar-refractivity contribution in [2.75, 3.05) is 0 Å². The molecule has 1 heterocycles. The average Bonchev–Trinajstić information content (AvgIpc) is 2.53. The molecule has 3 aromatic rings. The van der Waals surface area contributed by atoms with Crippen molar-refractivity contribution in [3.63, 3.8) is 0 Å². The molecular formula is C18H13BrF2O2. The lowest BCUT2D eigenvalue weighted by atomic mass is 10.00. The van der Waals surface area contributed by atoms with Crippen molar-refractivity contribution in [3.05, 3.63) is 70.1 Å². The molecule has 3 rings (SSSR count). The fraction of sp³-hybridized carbons (Fsp3) is 0.167. The van der Waals surface area contributed by atoms with Crippen LogP contribution in [0.3, 0.4) is 0 Å². The third-order valence-corrected chi connectivity index (χ3v) is 4.72. The summed E-state index contributed by atoms with van der Waals surface area (Å²) >= 11 is 3.47. The van der Waals surface area contributed by atoms with Gasteiger partial charge >= 0.3 is 0 Å². The fourth-order valence-corrected chi connectivity index (χ4v) is 2.86. The molecule has 0 bridgehead atoms. The van der Waals surface area contributed by atoms with E-state index in [-0.39, 0.29) is 21.4 Å². The zero-order valence-corrected chi connectivity index (χ0v) is 13.9. The molecule has 0 aliphatic rings. The molecule has 5 heteroatoms. The largest absolute Gasteiger partial charge is 0.459 e. The second kappa shape index (κ2) is 6.24. The van der Waals surface area contributed by atoms with Crippen LogP contribution >= 0.6 is 15.9 Å². The summed E-state index contributed by atoms with van der Waals surface area (Å²) in [4.78, 5) is 12.6. The van der Waals surface area contributed by atoms with Gasteiger partial charge in [-0.1, -0.05) is 41.1 Å². The van der Waals surface area contributed by atoms with Gasteiger partial charge in [-0.2, -0.15) is 0 Å². The number of alkyl halides is 1. The highest BCUT2D eigenvalue weighted by molar-refractivity contribution is 9.09. The van der Waals surface area contributed by atoms with E-state index in [2.05, 4.69) is 15.9 Å². The molecule has 2 nitrogen and oxygen atoms in total. The zero-order valence-electron chi connectivity index (χ0n) is 12.3. The number of hydrogen-bond donors (Lipinski definition) is 0. The first-order chi connectivity index (χ1) is 11.0. The molecule has 0 aliphatic carbocycles. The van der Waals surface area contributed by atoms with Gasteiger partial charge in [-0.3, -0.25) is 4.79 Å². The Morgan fingerprint density at radius 2 is 1.91 bits per heavy atom. The van der Waals surface area contributed by atoms with Crippen LogP contribution in [0.5, 0.6) is 0 Å². The van der Waals surface area contributed by atoms with Gasteiger partial charge in [0.2, 0.25) is 5.43 Å². The van der Waals surface area contributed by atoms with E-state index in [9.17, 15) is 13.6 Å². The van der Waals surface area contributed by atoms with Gasteiger partial charge in [-0.05, 0) is 36.2 Å². The van der Waals surface area contributed by atoms with Crippen molar-refractivity contribution in [1.29, 1.82) is 0 Å². The average molecular weight is 379 g/mol. The molecule has 1 aromatic heterocycles. The Morgan fingerprint density at radius 3 is 2.61 bits per heavy atom. The Morgan fingerprint density at radius 1 is 1.17 bits per heavy atom. The van der Waals surface area contributed by atoms with Gasteiger partial charge in [0.1, 0.15) is 28.4 Å². The lowest BCUT2D eigenvalue weighted by Gasteiger charge is -2.14. The Balaban J connectivity index is 2.44. The number of halogens is 3. The third-order valence-electron chi connectivity index (χ3n) is 3.65. The molecule has 0 radical (unpaired) electrons. The van der Waals surface area contributed by atoms with E-state index in [0.717, 1.165) is 0 Å². The predicted molar refractivity (Wildman–Crippen MR) is 89.8 cm³/mol. The molecular weight excluding hydrogens is 366 g/mol. The van der Waals surface area contributed by atoms with Gasteiger partial charge in [0.25, 0.3) is 0 Å². The molecule has 118 valence electrons. The minimum atomic E-state index is -0.650. The van der Waals surface area contributed by atoms with Crippen molar-refractivity contribution in [1.82, 2.24) is 0 Å². The molecule has 0 fully saturated rings. The minimum Gasteiger partial charge on any atom is -0.459 e. The van der Waals surface area contributed by atoms with Crippen LogP contribution in [0.2, 0.25) is 0 Å². The Bertz CT molecular complexity index is 934. The van der Waals surface area contributed by atoms with Crippen molar-refractivity contribution in [2.45, 2.75) is 18.2 Å². The molecule has 1 unspecified atom stereocenters. The van der Waals surface area contributed by atoms with Gasteiger partial charge in [0, 0.05) is 0 Å². The summed E-state index contributed by atoms with van der Waals surface area (Å²) in [5.74, 6) is -0.742. The standard InChI is InChI=1S/C18H13BrF2O2/c1-2-12(19)18-15(10-5-3-6-11(20)9-10)17(22)16-13(21)7-4-8-14(16)23-18/h3-9,12H,2H2,1H3. The summed E-state index contributed by atoms with van der Waals surface area (Å²) in [6.07, 6.45) is 0.659. The van der Waals surface area contributed by atoms with E-state index >= 15 is 0 Å². The highest BCUT2D eigenvalue weighted by Gasteiger charge is 2.22. The monoisotopic (exact) mass is 378 g/mol. The van der Waals surface area contributed by atoms with Crippen molar-refractivity contribution < 1.29 is 13.2 Å². The molecule has 0 amide bonds. The van der Waals surface area contributed by atoms with Crippen molar-refractivity contribution in [3.8, 4) is 11.1 Å². The Hall–Kier alpha value is -2.01. The zero-order chi connectivity index (χ0) is 16.6. The summed E-state index contributed by atoms with van der Waals surface area (Å²) in [6.45, 7) is 1.92. The molecule has 2 aromatic carbocycles. The Kier molecular flexibility index (Phi) is 4.31. The van der Waals surface area contributed by atoms with Gasteiger partial charge in [-0.15, -0.1) is 0 Å². The fourth-order valence-electron chi connectivity index (χ4n) is 2.54. The first kappa shape index (κ1) is 15.9. The lowest BCUT2D eigenvalue weighted by molar-refractivity contribution is 0.529. The van der Waals surface area contributed by atoms with Crippen molar-refractivity contribution >= 4 is 26.9 Å². The van der Waals surface area contributed by atoms with Crippen LogP contribution in [0, 0.1) is 11.6 Å². The van der Waals surface area contributed by atoms with Gasteiger partial charge in [0.15, 0.2) is 0 Å². The van der Waals surface area contributed by atoms with E-state index < -0.39 is 17.1 Å². The molecule has 23 heavy (non-hydrogen) atoms. The van der Waals surface area contributed by atoms with E-state index in [1.165, 1.54) is 30.3 Å². The quantitative estimate of drug-likeness (QED) is 0.556. The third kappa shape index (κ3) is 2.81. The first-order valence-electron chi connectivity index (χ1n) is 7.18. The van der Waals surface area contributed by atoms with Crippen LogP contribution in [0.25, 0.3) is 22.1 Å². The van der Waals surface area contributed by atoms with Gasteiger partial charge < -0.3 is 4.42 Å². The summed E-state index contributed by atoms with van der Waals surface area (Å²) in [6, 6.07) is 9.90. The molecule has 0 N–H and O–H groups in total. The normalized spacial score (nSPS) is 12.5. The lowest BCUT2D eigenvalue weighted by Crippen LogP contribution is -2.11. The highest BCUT2D eigenvalue weighted by Crippen LogP contribution is 2.35. The highest BCUT2D eigenvalue weighted by atomic mass is 79.9. The van der Waals surface area contributed by atoms with Crippen LogP contribution in [-0.2, 0) is 0 Å². The van der Waals surface area contributed by atoms with E-state index in [4.69, 9.17) is 4.42 Å². The van der Waals surface area contributed by atoms with Crippen molar-refractivity contribution in [2.24, 2.45) is 0 Å². The van der Waals surface area contributed by atoms with E-state index in [0.29, 0.717) is 17.7 Å². The van der Waals surface area contributed by atoms with Crippen LogP contribution in [0.4, 0.5) is 8.78 Å².